The van der Waals surface area contributed by atoms with Gasteiger partial charge in [-0.15, -0.1) is 0 Å². The summed E-state index contributed by atoms with van der Waals surface area (Å²) in [6, 6.07) is 8.21. The van der Waals surface area contributed by atoms with Gasteiger partial charge in [0.2, 0.25) is 0 Å². The standard InChI is InChI=1S/C22H20F3N5O2S/c1-14-18(19(31)27-12-16-5-3-7-26-11-16)33-20(28-14)30-9-8-29(21(30)32)13-15-4-2-6-17(10-15)22(23,24)25/h2-7,10-11H,8-9,12-13H2,1H3,(H,27,31). The van der Waals surface area contributed by atoms with Crippen LogP contribution in [0.25, 0.3) is 0 Å². The molecule has 7 nitrogen and oxygen atoms in total. The van der Waals surface area contributed by atoms with Crippen LogP contribution < -0.4 is 10.2 Å². The van der Waals surface area contributed by atoms with E-state index in [1.807, 2.05) is 6.07 Å². The van der Waals surface area contributed by atoms with Crippen molar-refractivity contribution in [3.8, 4) is 0 Å². The van der Waals surface area contributed by atoms with Crippen molar-refractivity contribution in [2.45, 2.75) is 26.2 Å². The minimum absolute atomic E-state index is 0.0576. The molecule has 3 aromatic rings. The first kappa shape index (κ1) is 22.7. The smallest absolute Gasteiger partial charge is 0.347 e. The van der Waals surface area contributed by atoms with Crippen LogP contribution in [0.15, 0.2) is 48.8 Å². The summed E-state index contributed by atoms with van der Waals surface area (Å²) in [5.74, 6) is -0.299. The van der Waals surface area contributed by atoms with Gasteiger partial charge in [-0.1, -0.05) is 29.5 Å². The maximum atomic E-state index is 13.0. The highest BCUT2D eigenvalue weighted by Crippen LogP contribution is 2.31. The summed E-state index contributed by atoms with van der Waals surface area (Å²) in [6.07, 6.45) is -1.13. The highest BCUT2D eigenvalue weighted by Gasteiger charge is 2.34. The Labute approximate surface area is 191 Å². The quantitative estimate of drug-likeness (QED) is 0.579. The van der Waals surface area contributed by atoms with Gasteiger partial charge < -0.3 is 10.2 Å². The van der Waals surface area contributed by atoms with E-state index in [2.05, 4.69) is 15.3 Å². The SMILES string of the molecule is Cc1nc(N2CCN(Cc3cccc(C(F)(F)F)c3)C2=O)sc1C(=O)NCc1cccnc1. The lowest BCUT2D eigenvalue weighted by atomic mass is 10.1. The van der Waals surface area contributed by atoms with E-state index in [9.17, 15) is 22.8 Å². The molecule has 0 spiro atoms. The lowest BCUT2D eigenvalue weighted by Gasteiger charge is -2.17. The summed E-state index contributed by atoms with van der Waals surface area (Å²) in [6.45, 7) is 2.74. The van der Waals surface area contributed by atoms with Gasteiger partial charge in [0.05, 0.1) is 11.3 Å². The number of anilines is 1. The summed E-state index contributed by atoms with van der Waals surface area (Å²) in [4.78, 5) is 37.2. The fraction of sp³-hybridized carbons (Fsp3) is 0.273. The Morgan fingerprint density at radius 2 is 1.97 bits per heavy atom. The number of benzene rings is 1. The molecule has 172 valence electrons. The van der Waals surface area contributed by atoms with Gasteiger partial charge in [-0.3, -0.25) is 14.7 Å². The molecule has 0 atom stereocenters. The van der Waals surface area contributed by atoms with Crippen LogP contribution in [0.2, 0.25) is 0 Å². The molecule has 0 saturated carbocycles. The Bertz CT molecular complexity index is 1170. The normalized spacial score (nSPS) is 14.1. The van der Waals surface area contributed by atoms with Crippen LogP contribution in [0.1, 0.15) is 32.1 Å². The van der Waals surface area contributed by atoms with Gasteiger partial charge in [0.15, 0.2) is 5.13 Å². The Morgan fingerprint density at radius 1 is 1.18 bits per heavy atom. The zero-order valence-electron chi connectivity index (χ0n) is 17.6. The molecular formula is C22H20F3N5O2S. The van der Waals surface area contributed by atoms with E-state index in [-0.39, 0.29) is 18.5 Å². The molecule has 1 fully saturated rings. The zero-order chi connectivity index (χ0) is 23.6. The van der Waals surface area contributed by atoms with Crippen LogP contribution in [0.5, 0.6) is 0 Å². The van der Waals surface area contributed by atoms with E-state index >= 15 is 0 Å². The van der Waals surface area contributed by atoms with Crippen LogP contribution in [0.3, 0.4) is 0 Å². The van der Waals surface area contributed by atoms with Crippen LogP contribution >= 0.6 is 11.3 Å². The van der Waals surface area contributed by atoms with Crippen LogP contribution in [-0.4, -0.2) is 39.9 Å². The lowest BCUT2D eigenvalue weighted by Crippen LogP contribution is -2.31. The number of carbonyl (C=O) groups is 2. The number of amides is 3. The third-order valence-electron chi connectivity index (χ3n) is 5.12. The van der Waals surface area contributed by atoms with E-state index in [4.69, 9.17) is 0 Å². The van der Waals surface area contributed by atoms with Gasteiger partial charge in [0.25, 0.3) is 5.91 Å². The molecule has 1 aromatic carbocycles. The number of thiazole rings is 1. The Morgan fingerprint density at radius 3 is 2.70 bits per heavy atom. The highest BCUT2D eigenvalue weighted by atomic mass is 32.1. The van der Waals surface area contributed by atoms with Gasteiger partial charge in [-0.25, -0.2) is 9.78 Å². The van der Waals surface area contributed by atoms with Crippen molar-refractivity contribution in [1.29, 1.82) is 0 Å². The molecule has 1 aliphatic heterocycles. The Balaban J connectivity index is 1.42. The van der Waals surface area contributed by atoms with Crippen molar-refractivity contribution < 1.29 is 22.8 Å². The van der Waals surface area contributed by atoms with E-state index in [1.165, 1.54) is 15.9 Å². The number of carbonyl (C=O) groups excluding carboxylic acids is 2. The van der Waals surface area contributed by atoms with E-state index in [1.54, 1.807) is 31.5 Å². The monoisotopic (exact) mass is 475 g/mol. The number of urea groups is 1. The number of nitrogens with zero attached hydrogens (tertiary/aromatic N) is 4. The third kappa shape index (κ3) is 5.14. The molecular weight excluding hydrogens is 455 g/mol. The summed E-state index contributed by atoms with van der Waals surface area (Å²) in [5.41, 5.74) is 1.00. The van der Waals surface area contributed by atoms with E-state index in [0.717, 1.165) is 29.0 Å². The maximum Gasteiger partial charge on any atom is 0.416 e. The van der Waals surface area contributed by atoms with Gasteiger partial charge in [0.1, 0.15) is 4.88 Å². The van der Waals surface area contributed by atoms with Gasteiger partial charge in [-0.2, -0.15) is 13.2 Å². The fourth-order valence-corrected chi connectivity index (χ4v) is 4.45. The number of rotatable bonds is 6. The van der Waals surface area contributed by atoms with Crippen LogP contribution in [0, 0.1) is 6.92 Å². The molecule has 1 saturated heterocycles. The largest absolute Gasteiger partial charge is 0.416 e. The van der Waals surface area contributed by atoms with E-state index in [0.29, 0.717) is 40.9 Å². The highest BCUT2D eigenvalue weighted by molar-refractivity contribution is 7.17. The number of aromatic nitrogens is 2. The summed E-state index contributed by atoms with van der Waals surface area (Å²) >= 11 is 1.11. The molecule has 3 amide bonds. The van der Waals surface area contributed by atoms with Gasteiger partial charge in [0, 0.05) is 38.6 Å². The second-order valence-corrected chi connectivity index (χ2v) is 8.49. The molecule has 0 radical (unpaired) electrons. The first-order valence-corrected chi connectivity index (χ1v) is 10.9. The molecule has 11 heteroatoms. The van der Waals surface area contributed by atoms with Crippen LogP contribution in [-0.2, 0) is 19.3 Å². The van der Waals surface area contributed by atoms with E-state index < -0.39 is 11.7 Å². The molecule has 1 aliphatic rings. The predicted octanol–water partition coefficient (Wildman–Crippen LogP) is 4.24. The average molecular weight is 475 g/mol. The topological polar surface area (TPSA) is 78.4 Å². The number of hydrogen-bond donors (Lipinski definition) is 1. The molecule has 0 unspecified atom stereocenters. The van der Waals surface area contributed by atoms with Crippen molar-refractivity contribution >= 4 is 28.4 Å². The second kappa shape index (κ2) is 9.18. The third-order valence-corrected chi connectivity index (χ3v) is 6.30. The van der Waals surface area contributed by atoms with Crippen molar-refractivity contribution in [3.63, 3.8) is 0 Å². The molecule has 0 aliphatic carbocycles. The first-order valence-electron chi connectivity index (χ1n) is 10.1. The average Bonchev–Trinajstić information content (AvgIpc) is 3.35. The fourth-order valence-electron chi connectivity index (χ4n) is 3.45. The molecule has 0 bridgehead atoms. The first-order chi connectivity index (χ1) is 15.7. The molecule has 1 N–H and O–H groups in total. The number of nitrogens with one attached hydrogen (secondary N) is 1. The lowest BCUT2D eigenvalue weighted by molar-refractivity contribution is -0.137. The van der Waals surface area contributed by atoms with Crippen molar-refractivity contribution in [2.24, 2.45) is 0 Å². The Hall–Kier alpha value is -3.47. The van der Waals surface area contributed by atoms with Gasteiger partial charge in [-0.05, 0) is 36.2 Å². The predicted molar refractivity (Wildman–Crippen MR) is 117 cm³/mol. The summed E-state index contributed by atoms with van der Waals surface area (Å²) in [5, 5.41) is 3.20. The molecule has 2 aromatic heterocycles. The number of hydrogen-bond acceptors (Lipinski definition) is 5. The van der Waals surface area contributed by atoms with Crippen molar-refractivity contribution in [1.82, 2.24) is 20.2 Å². The summed E-state index contributed by atoms with van der Waals surface area (Å²) in [7, 11) is 0. The minimum atomic E-state index is -4.44. The molecule has 4 rings (SSSR count). The zero-order valence-corrected chi connectivity index (χ0v) is 18.4. The number of pyridine rings is 1. The van der Waals surface area contributed by atoms with Crippen molar-refractivity contribution in [2.75, 3.05) is 18.0 Å². The van der Waals surface area contributed by atoms with Crippen LogP contribution in [0.4, 0.5) is 23.1 Å². The Kier molecular flexibility index (Phi) is 6.32. The maximum absolute atomic E-state index is 13.0. The van der Waals surface area contributed by atoms with Gasteiger partial charge >= 0.3 is 12.2 Å². The molecule has 33 heavy (non-hydrogen) atoms. The number of alkyl halides is 3. The minimum Gasteiger partial charge on any atom is -0.347 e. The number of aryl methyl sites for hydroxylation is 1. The second-order valence-electron chi connectivity index (χ2n) is 7.51. The van der Waals surface area contributed by atoms with Crippen molar-refractivity contribution in [3.05, 3.63) is 76.1 Å². The summed E-state index contributed by atoms with van der Waals surface area (Å²) < 4.78 is 38.9. The molecule has 3 heterocycles. The number of halogens is 3.